The highest BCUT2D eigenvalue weighted by Crippen LogP contribution is 2.47. The molecule has 2 bridgehead atoms. The molecule has 250 valence electrons. The topological polar surface area (TPSA) is 107 Å². The van der Waals surface area contributed by atoms with Gasteiger partial charge in [0.2, 0.25) is 5.91 Å². The molecule has 0 spiro atoms. The monoisotopic (exact) mass is 669 g/mol. The summed E-state index contributed by atoms with van der Waals surface area (Å²) in [6.45, 7) is 0. The average molecular weight is 670 g/mol. The van der Waals surface area contributed by atoms with E-state index in [1.165, 1.54) is 30.6 Å². The number of methoxy groups -OCH3 is 1. The van der Waals surface area contributed by atoms with E-state index in [0.29, 0.717) is 37.3 Å². The number of nitrogens with zero attached hydrogens (tertiary/aromatic N) is 1. The molecule has 3 aromatic rings. The number of carbonyl (C=O) groups excluding carboxylic acids is 3. The van der Waals surface area contributed by atoms with Crippen LogP contribution in [0.25, 0.3) is 10.2 Å². The number of carbonyl (C=O) groups is 3. The number of para-hydroxylation sites is 1. The number of aromatic nitrogens is 1. The third-order valence-corrected chi connectivity index (χ3v) is 10.4. The maximum absolute atomic E-state index is 14.3. The van der Waals surface area contributed by atoms with E-state index >= 15 is 0 Å². The zero-order chi connectivity index (χ0) is 33.2. The predicted octanol–water partition coefficient (Wildman–Crippen LogP) is 7.10. The fourth-order valence-corrected chi connectivity index (χ4v) is 7.79. The lowest BCUT2D eigenvalue weighted by atomic mass is 9.75. The Labute approximate surface area is 275 Å². The Bertz CT molecular complexity index is 1630. The van der Waals surface area contributed by atoms with Crippen molar-refractivity contribution in [2.75, 3.05) is 12.4 Å². The molecule has 2 heterocycles. The van der Waals surface area contributed by atoms with Gasteiger partial charge in [-0.2, -0.15) is 13.2 Å². The molecule has 2 N–H and O–H groups in total. The summed E-state index contributed by atoms with van der Waals surface area (Å²) >= 11 is 1.38. The van der Waals surface area contributed by atoms with Crippen LogP contribution in [0.2, 0.25) is 0 Å². The van der Waals surface area contributed by atoms with Crippen LogP contribution in [0.5, 0.6) is 5.19 Å². The summed E-state index contributed by atoms with van der Waals surface area (Å²) < 4.78 is 52.9. The van der Waals surface area contributed by atoms with Crippen molar-refractivity contribution in [3.05, 3.63) is 66.2 Å². The van der Waals surface area contributed by atoms with Crippen molar-refractivity contribution in [1.29, 1.82) is 0 Å². The molecule has 1 aliphatic heterocycles. The summed E-state index contributed by atoms with van der Waals surface area (Å²) in [5.41, 5.74) is -0.952. The number of rotatable bonds is 5. The number of hydrogen-bond acceptors (Lipinski definition) is 8. The molecule has 2 aliphatic carbocycles. The number of ketones is 1. The van der Waals surface area contributed by atoms with Crippen molar-refractivity contribution in [3.63, 3.8) is 0 Å². The molecule has 2 saturated carbocycles. The fraction of sp³-hybridized carbons (Fsp3) is 0.486. The average Bonchev–Trinajstić information content (AvgIpc) is 3.59. The van der Waals surface area contributed by atoms with Crippen molar-refractivity contribution in [3.8, 4) is 5.19 Å². The number of halogens is 3. The standard InChI is InChI=1S/C35H38F3N3O5S/c1-45-32(44)34-20-24(34)10-5-3-2-4-6-14-28(39-25-12-9-11-23(19-25)35(36,37)38)30(42)21-16-22(31(43)41-34)18-26(17-21)46-33-40-27-13-7-8-15-29(27)47-33/h5,7-13,15,19,21-22,24,26,28,39H,2-4,6,14,16-18,20H2,1H3,(H,41,43)/b10-5-/t21?,22?,24-,26+,28+,34-/m1/s1. The van der Waals surface area contributed by atoms with Gasteiger partial charge >= 0.3 is 12.1 Å². The van der Waals surface area contributed by atoms with Crippen LogP contribution in [-0.2, 0) is 25.3 Å². The Morgan fingerprint density at radius 3 is 2.64 bits per heavy atom. The molecule has 2 aromatic carbocycles. The lowest BCUT2D eigenvalue weighted by Gasteiger charge is -2.35. The van der Waals surface area contributed by atoms with Crippen molar-refractivity contribution in [2.24, 2.45) is 17.8 Å². The van der Waals surface area contributed by atoms with E-state index in [9.17, 15) is 27.6 Å². The van der Waals surface area contributed by atoms with Crippen LogP contribution in [0.4, 0.5) is 18.9 Å². The zero-order valence-corrected chi connectivity index (χ0v) is 26.9. The summed E-state index contributed by atoms with van der Waals surface area (Å²) in [6.07, 6.45) is 3.78. The number of fused-ring (bicyclic) bond motifs is 4. The largest absolute Gasteiger partial charge is 0.467 e. The second-order valence-electron chi connectivity index (χ2n) is 12.8. The highest BCUT2D eigenvalue weighted by atomic mass is 32.1. The van der Waals surface area contributed by atoms with Crippen LogP contribution in [0.15, 0.2) is 60.7 Å². The van der Waals surface area contributed by atoms with Crippen molar-refractivity contribution in [1.82, 2.24) is 10.3 Å². The SMILES string of the molecule is COC(=O)[C@@]12C[C@H]1/C=C\CCCCC[C@H](Nc1cccc(C(F)(F)F)c1)C(=O)C1CC(C[C@@H](Oc3nc4ccccc4s3)C1)C(=O)N2. The molecule has 2 fully saturated rings. The van der Waals surface area contributed by atoms with E-state index < -0.39 is 47.2 Å². The molecule has 1 amide bonds. The van der Waals surface area contributed by atoms with Crippen LogP contribution >= 0.6 is 11.3 Å². The van der Waals surface area contributed by atoms with Gasteiger partial charge in [-0.1, -0.05) is 54.5 Å². The minimum absolute atomic E-state index is 0.170. The van der Waals surface area contributed by atoms with Crippen molar-refractivity contribution in [2.45, 2.75) is 81.6 Å². The minimum Gasteiger partial charge on any atom is -0.467 e. The predicted molar refractivity (Wildman–Crippen MR) is 172 cm³/mol. The molecule has 0 radical (unpaired) electrons. The van der Waals surface area contributed by atoms with Crippen LogP contribution < -0.4 is 15.4 Å². The third-order valence-electron chi connectivity index (χ3n) is 9.50. The van der Waals surface area contributed by atoms with Crippen LogP contribution in [-0.4, -0.2) is 47.4 Å². The molecule has 2 unspecified atom stereocenters. The van der Waals surface area contributed by atoms with Crippen LogP contribution in [0, 0.1) is 17.8 Å². The normalized spacial score (nSPS) is 29.3. The molecular weight excluding hydrogens is 631 g/mol. The first-order valence-electron chi connectivity index (χ1n) is 16.1. The van der Waals surface area contributed by atoms with Gasteiger partial charge in [0, 0.05) is 23.4 Å². The molecule has 6 rings (SSSR count). The number of allylic oxidation sites excluding steroid dienone is 1. The van der Waals surface area contributed by atoms with E-state index in [-0.39, 0.29) is 29.7 Å². The zero-order valence-electron chi connectivity index (χ0n) is 26.1. The van der Waals surface area contributed by atoms with Gasteiger partial charge in [-0.05, 0) is 75.3 Å². The lowest BCUT2D eigenvalue weighted by Crippen LogP contribution is -2.50. The van der Waals surface area contributed by atoms with Gasteiger partial charge in [0.25, 0.3) is 5.19 Å². The summed E-state index contributed by atoms with van der Waals surface area (Å²) in [4.78, 5) is 45.7. The Hall–Kier alpha value is -3.93. The van der Waals surface area contributed by atoms with Crippen molar-refractivity contribution >= 4 is 44.9 Å². The van der Waals surface area contributed by atoms with E-state index in [0.717, 1.165) is 41.6 Å². The Kier molecular flexibility index (Phi) is 9.59. The second-order valence-corrected chi connectivity index (χ2v) is 13.8. The number of hydrogen-bond donors (Lipinski definition) is 2. The minimum atomic E-state index is -4.52. The molecule has 0 saturated heterocycles. The van der Waals surface area contributed by atoms with Gasteiger partial charge in [0.15, 0.2) is 5.78 Å². The Morgan fingerprint density at radius 2 is 1.85 bits per heavy atom. The smallest absolute Gasteiger partial charge is 0.416 e. The van der Waals surface area contributed by atoms with Gasteiger partial charge in [0.05, 0.1) is 28.9 Å². The summed E-state index contributed by atoms with van der Waals surface area (Å²) in [5.74, 6) is -2.46. The number of ether oxygens (including phenoxy) is 2. The van der Waals surface area contributed by atoms with E-state index in [1.807, 2.05) is 36.4 Å². The highest BCUT2D eigenvalue weighted by Gasteiger charge is 2.61. The van der Waals surface area contributed by atoms with Crippen LogP contribution in [0.3, 0.4) is 0 Å². The van der Waals surface area contributed by atoms with Gasteiger partial charge in [-0.25, -0.2) is 9.78 Å². The number of anilines is 1. The fourth-order valence-electron chi connectivity index (χ4n) is 6.91. The molecule has 8 nitrogen and oxygen atoms in total. The van der Waals surface area contributed by atoms with Gasteiger partial charge in [-0.3, -0.25) is 9.59 Å². The number of benzene rings is 2. The van der Waals surface area contributed by atoms with E-state index in [1.54, 1.807) is 0 Å². The summed E-state index contributed by atoms with van der Waals surface area (Å²) in [5, 5.41) is 6.52. The molecule has 12 heteroatoms. The summed E-state index contributed by atoms with van der Waals surface area (Å²) in [6, 6.07) is 11.7. The van der Waals surface area contributed by atoms with Gasteiger partial charge in [0.1, 0.15) is 11.6 Å². The van der Waals surface area contributed by atoms with E-state index in [4.69, 9.17) is 9.47 Å². The maximum Gasteiger partial charge on any atom is 0.416 e. The van der Waals surface area contributed by atoms with Crippen LogP contribution in [0.1, 0.15) is 63.4 Å². The number of thiazole rings is 1. The molecule has 1 aromatic heterocycles. The molecule has 6 atom stereocenters. The first-order chi connectivity index (χ1) is 22.6. The number of nitrogens with one attached hydrogen (secondary N) is 2. The number of Topliss-reactive ketones (excluding diaryl/α,β-unsaturated/α-hetero) is 1. The highest BCUT2D eigenvalue weighted by molar-refractivity contribution is 7.20. The molecule has 3 aliphatic rings. The number of esters is 1. The maximum atomic E-state index is 14.3. The summed E-state index contributed by atoms with van der Waals surface area (Å²) in [7, 11) is 1.30. The first-order valence-corrected chi connectivity index (χ1v) is 16.9. The molecule has 47 heavy (non-hydrogen) atoms. The number of alkyl halides is 3. The molecular formula is C35H38F3N3O5S. The van der Waals surface area contributed by atoms with Gasteiger partial charge < -0.3 is 20.1 Å². The Balaban J connectivity index is 1.29. The lowest BCUT2D eigenvalue weighted by molar-refractivity contribution is -0.148. The van der Waals surface area contributed by atoms with E-state index in [2.05, 4.69) is 15.6 Å². The quantitative estimate of drug-likeness (QED) is 0.221. The Morgan fingerprint density at radius 1 is 1.04 bits per heavy atom. The second kappa shape index (κ2) is 13.7. The number of amides is 1. The third kappa shape index (κ3) is 7.47. The first kappa shape index (κ1) is 33.0. The van der Waals surface area contributed by atoms with Crippen molar-refractivity contribution < 1.29 is 37.0 Å². The van der Waals surface area contributed by atoms with Gasteiger partial charge in [-0.15, -0.1) is 0 Å².